The Bertz CT molecular complexity index is 625. The number of aromatic nitrogens is 3. The molecular formula is C13H17N3O3. The molecule has 1 aliphatic carbocycles. The number of aliphatic hydroxyl groups is 3. The monoisotopic (exact) mass is 263 g/mol. The molecule has 3 N–H and O–H groups in total. The van der Waals surface area contributed by atoms with Gasteiger partial charge in [0.15, 0.2) is 0 Å². The van der Waals surface area contributed by atoms with E-state index in [-0.39, 0.29) is 6.04 Å². The zero-order valence-corrected chi connectivity index (χ0v) is 10.9. The zero-order chi connectivity index (χ0) is 13.7. The molecule has 0 spiro atoms. The van der Waals surface area contributed by atoms with Crippen LogP contribution in [-0.2, 0) is 0 Å². The van der Waals surface area contributed by atoms with Crippen LogP contribution in [-0.4, -0.2) is 48.2 Å². The molecule has 19 heavy (non-hydrogen) atoms. The standard InChI is InChI=1S/C13H17N3O3/c1-6-4-16(8-3-9(17)12(19)11(8)18)13-10(6)7(2)14-5-15-13/h4-5,8-9,11-12,17-19H,3H2,1-2H3/t8-,9+,11?,12?/m1/s1. The SMILES string of the molecule is Cc1cn([C@@H]2C[C@H](O)C(O)C2O)c2ncnc(C)c12. The van der Waals surface area contributed by atoms with Crippen LogP contribution in [0.1, 0.15) is 23.7 Å². The molecule has 2 heterocycles. The average molecular weight is 263 g/mol. The van der Waals surface area contributed by atoms with Gasteiger partial charge < -0.3 is 19.9 Å². The summed E-state index contributed by atoms with van der Waals surface area (Å²) >= 11 is 0. The predicted octanol–water partition coefficient (Wildman–Crippen LogP) is 0.0756. The van der Waals surface area contributed by atoms with Crippen LogP contribution in [0.25, 0.3) is 11.0 Å². The van der Waals surface area contributed by atoms with Crippen molar-refractivity contribution in [2.75, 3.05) is 0 Å². The number of hydrogen-bond donors (Lipinski definition) is 3. The minimum Gasteiger partial charge on any atom is -0.390 e. The first kappa shape index (κ1) is 12.5. The maximum atomic E-state index is 10.0. The summed E-state index contributed by atoms with van der Waals surface area (Å²) in [6, 6.07) is -0.365. The number of hydrogen-bond acceptors (Lipinski definition) is 5. The Morgan fingerprint density at radius 1 is 1.16 bits per heavy atom. The summed E-state index contributed by atoms with van der Waals surface area (Å²) in [7, 11) is 0. The van der Waals surface area contributed by atoms with Crippen molar-refractivity contribution in [2.45, 2.75) is 44.6 Å². The lowest BCUT2D eigenvalue weighted by Gasteiger charge is -2.18. The fourth-order valence-electron chi connectivity index (χ4n) is 2.97. The van der Waals surface area contributed by atoms with Crippen molar-refractivity contribution in [3.8, 4) is 0 Å². The Balaban J connectivity index is 2.14. The Kier molecular flexibility index (Phi) is 2.81. The average Bonchev–Trinajstić information content (AvgIpc) is 2.83. The van der Waals surface area contributed by atoms with Crippen molar-refractivity contribution < 1.29 is 15.3 Å². The Labute approximate surface area is 110 Å². The van der Waals surface area contributed by atoms with Gasteiger partial charge >= 0.3 is 0 Å². The predicted molar refractivity (Wildman–Crippen MR) is 68.7 cm³/mol. The number of rotatable bonds is 1. The smallest absolute Gasteiger partial charge is 0.144 e. The summed E-state index contributed by atoms with van der Waals surface area (Å²) in [5.74, 6) is 0. The lowest BCUT2D eigenvalue weighted by Crippen LogP contribution is -2.31. The molecular weight excluding hydrogens is 246 g/mol. The first-order valence-corrected chi connectivity index (χ1v) is 6.33. The van der Waals surface area contributed by atoms with Crippen molar-refractivity contribution in [1.82, 2.24) is 14.5 Å². The van der Waals surface area contributed by atoms with E-state index < -0.39 is 18.3 Å². The van der Waals surface area contributed by atoms with E-state index in [1.807, 2.05) is 24.6 Å². The van der Waals surface area contributed by atoms with Crippen LogP contribution >= 0.6 is 0 Å². The maximum absolute atomic E-state index is 10.0. The van der Waals surface area contributed by atoms with Crippen LogP contribution in [0, 0.1) is 13.8 Å². The number of fused-ring (bicyclic) bond motifs is 1. The first-order valence-electron chi connectivity index (χ1n) is 6.33. The topological polar surface area (TPSA) is 91.4 Å². The Hall–Kier alpha value is -1.50. The molecule has 0 radical (unpaired) electrons. The summed E-state index contributed by atoms with van der Waals surface area (Å²) in [6.07, 6.45) is 0.702. The molecule has 6 nitrogen and oxygen atoms in total. The Morgan fingerprint density at radius 3 is 2.53 bits per heavy atom. The number of aryl methyl sites for hydroxylation is 2. The maximum Gasteiger partial charge on any atom is 0.144 e. The van der Waals surface area contributed by atoms with E-state index >= 15 is 0 Å². The molecule has 0 amide bonds. The van der Waals surface area contributed by atoms with Gasteiger partial charge in [0.1, 0.15) is 24.2 Å². The van der Waals surface area contributed by atoms with Crippen LogP contribution < -0.4 is 0 Å². The minimum atomic E-state index is -1.11. The van der Waals surface area contributed by atoms with Gasteiger partial charge in [-0.2, -0.15) is 0 Å². The van der Waals surface area contributed by atoms with Crippen LogP contribution in [0.4, 0.5) is 0 Å². The third-order valence-corrected chi connectivity index (χ3v) is 3.97. The second-order valence-corrected chi connectivity index (χ2v) is 5.23. The van der Waals surface area contributed by atoms with Crippen molar-refractivity contribution in [3.63, 3.8) is 0 Å². The molecule has 2 aromatic heterocycles. The van der Waals surface area contributed by atoms with Crippen molar-refractivity contribution in [3.05, 3.63) is 23.8 Å². The van der Waals surface area contributed by atoms with Gasteiger partial charge in [-0.3, -0.25) is 0 Å². The third-order valence-electron chi connectivity index (χ3n) is 3.97. The van der Waals surface area contributed by atoms with Crippen LogP contribution in [0.15, 0.2) is 12.5 Å². The first-order chi connectivity index (χ1) is 9.00. The lowest BCUT2D eigenvalue weighted by molar-refractivity contribution is -0.0244. The summed E-state index contributed by atoms with van der Waals surface area (Å²) in [6.45, 7) is 3.87. The molecule has 1 aliphatic rings. The van der Waals surface area contributed by atoms with E-state index in [1.54, 1.807) is 0 Å². The Morgan fingerprint density at radius 2 is 1.89 bits per heavy atom. The van der Waals surface area contributed by atoms with Crippen molar-refractivity contribution >= 4 is 11.0 Å². The van der Waals surface area contributed by atoms with Crippen LogP contribution in [0.2, 0.25) is 0 Å². The molecule has 1 fully saturated rings. The molecule has 0 aliphatic heterocycles. The van der Waals surface area contributed by atoms with Crippen molar-refractivity contribution in [1.29, 1.82) is 0 Å². The van der Waals surface area contributed by atoms with Gasteiger partial charge in [-0.25, -0.2) is 9.97 Å². The highest BCUT2D eigenvalue weighted by Gasteiger charge is 2.42. The zero-order valence-electron chi connectivity index (χ0n) is 10.9. The van der Waals surface area contributed by atoms with Gasteiger partial charge in [-0.1, -0.05) is 0 Å². The van der Waals surface area contributed by atoms with E-state index in [0.29, 0.717) is 6.42 Å². The van der Waals surface area contributed by atoms with Crippen LogP contribution in [0.5, 0.6) is 0 Å². The van der Waals surface area contributed by atoms with Gasteiger partial charge in [-0.15, -0.1) is 0 Å². The van der Waals surface area contributed by atoms with Crippen LogP contribution in [0.3, 0.4) is 0 Å². The molecule has 2 aromatic rings. The lowest BCUT2D eigenvalue weighted by atomic mass is 10.2. The highest BCUT2D eigenvalue weighted by atomic mass is 16.4. The second kappa shape index (κ2) is 4.26. The van der Waals surface area contributed by atoms with E-state index in [2.05, 4.69) is 9.97 Å². The number of nitrogens with zero attached hydrogens (tertiary/aromatic N) is 3. The van der Waals surface area contributed by atoms with E-state index in [0.717, 1.165) is 22.3 Å². The summed E-state index contributed by atoms with van der Waals surface area (Å²) in [4.78, 5) is 8.44. The highest BCUT2D eigenvalue weighted by Crippen LogP contribution is 2.34. The third kappa shape index (κ3) is 1.75. The van der Waals surface area contributed by atoms with Gasteiger partial charge in [0, 0.05) is 11.6 Å². The molecule has 2 unspecified atom stereocenters. The second-order valence-electron chi connectivity index (χ2n) is 5.23. The highest BCUT2D eigenvalue weighted by molar-refractivity contribution is 5.82. The molecule has 1 saturated carbocycles. The molecule has 4 atom stereocenters. The minimum absolute atomic E-state index is 0.314. The summed E-state index contributed by atoms with van der Waals surface area (Å²) < 4.78 is 1.84. The van der Waals surface area contributed by atoms with E-state index in [4.69, 9.17) is 0 Å². The van der Waals surface area contributed by atoms with Gasteiger partial charge in [-0.05, 0) is 25.8 Å². The van der Waals surface area contributed by atoms with E-state index in [9.17, 15) is 15.3 Å². The van der Waals surface area contributed by atoms with Crippen molar-refractivity contribution in [2.24, 2.45) is 0 Å². The fraction of sp³-hybridized carbons (Fsp3) is 0.538. The molecule has 3 rings (SSSR count). The quantitative estimate of drug-likeness (QED) is 0.677. The molecule has 0 saturated heterocycles. The molecule has 6 heteroatoms. The summed E-state index contributed by atoms with van der Waals surface area (Å²) in [5, 5.41) is 30.4. The molecule has 0 bridgehead atoms. The van der Waals surface area contributed by atoms with Gasteiger partial charge in [0.05, 0.1) is 17.8 Å². The van der Waals surface area contributed by atoms with Gasteiger partial charge in [0.2, 0.25) is 0 Å². The largest absolute Gasteiger partial charge is 0.390 e. The number of aliphatic hydroxyl groups excluding tert-OH is 3. The molecule has 102 valence electrons. The summed E-state index contributed by atoms with van der Waals surface area (Å²) in [5.41, 5.74) is 2.64. The van der Waals surface area contributed by atoms with E-state index in [1.165, 1.54) is 6.33 Å². The fourth-order valence-corrected chi connectivity index (χ4v) is 2.97. The normalized spacial score (nSPS) is 31.2. The van der Waals surface area contributed by atoms with Gasteiger partial charge in [0.25, 0.3) is 0 Å². The molecule has 0 aromatic carbocycles.